The average molecular weight is 542 g/mol. The van der Waals surface area contributed by atoms with E-state index in [1.165, 1.54) is 31.1 Å². The Morgan fingerprint density at radius 2 is 1.79 bits per heavy atom. The summed E-state index contributed by atoms with van der Waals surface area (Å²) in [5.74, 6) is -7.53. The molecule has 7 N–H and O–H groups in total. The number of primary amides is 1. The van der Waals surface area contributed by atoms with Crippen molar-refractivity contribution in [2.24, 2.45) is 23.0 Å². The van der Waals surface area contributed by atoms with E-state index in [-0.39, 0.29) is 53.0 Å². The number of hydrogen-bond donors (Lipinski definition) is 6. The Morgan fingerprint density at radius 3 is 2.36 bits per heavy atom. The summed E-state index contributed by atoms with van der Waals surface area (Å²) in [6.45, 7) is 6.66. The smallest absolute Gasteiger partial charge is 0.255 e. The van der Waals surface area contributed by atoms with E-state index < -0.39 is 58.0 Å². The highest BCUT2D eigenvalue weighted by Crippen LogP contribution is 2.52. The highest BCUT2D eigenvalue weighted by Gasteiger charge is 2.64. The molecule has 1 amide bonds. The van der Waals surface area contributed by atoms with Gasteiger partial charge in [0.25, 0.3) is 5.91 Å². The monoisotopic (exact) mass is 541 g/mol. The summed E-state index contributed by atoms with van der Waals surface area (Å²) >= 11 is 0. The van der Waals surface area contributed by atoms with Crippen molar-refractivity contribution in [2.75, 3.05) is 27.2 Å². The van der Waals surface area contributed by atoms with E-state index in [4.69, 9.17) is 5.73 Å². The van der Waals surface area contributed by atoms with Crippen LogP contribution in [-0.4, -0.2) is 87.4 Å². The second kappa shape index (κ2) is 9.58. The lowest BCUT2D eigenvalue weighted by Crippen LogP contribution is -2.65. The number of rotatable bonds is 6. The van der Waals surface area contributed by atoms with Gasteiger partial charge in [-0.1, -0.05) is 20.8 Å². The molecule has 0 aromatic heterocycles. The van der Waals surface area contributed by atoms with Crippen molar-refractivity contribution in [3.8, 4) is 5.75 Å². The molecule has 3 aliphatic rings. The first kappa shape index (κ1) is 28.5. The number of fused-ring (bicyclic) bond motifs is 3. The second-order valence-electron chi connectivity index (χ2n) is 12.0. The lowest BCUT2D eigenvalue weighted by Gasteiger charge is -2.50. The lowest BCUT2D eigenvalue weighted by atomic mass is 9.57. The summed E-state index contributed by atoms with van der Waals surface area (Å²) < 4.78 is 0. The van der Waals surface area contributed by atoms with Crippen LogP contribution in [0.1, 0.15) is 48.7 Å². The molecule has 1 aromatic carbocycles. The van der Waals surface area contributed by atoms with Gasteiger partial charge in [-0.15, -0.1) is 0 Å². The van der Waals surface area contributed by atoms with Crippen LogP contribution in [0.5, 0.6) is 5.75 Å². The number of benzene rings is 1. The number of hydrogen-bond acceptors (Lipinski definition) is 10. The van der Waals surface area contributed by atoms with Crippen molar-refractivity contribution in [3.63, 3.8) is 0 Å². The summed E-state index contributed by atoms with van der Waals surface area (Å²) in [5, 5.41) is 47.6. The normalized spacial score (nSPS) is 26.9. The SMILES string of the molecule is CN(C)[C@@H]1C(=O)C(C(N)=O)=C(O)[C@@]2(O)C(=O)C3=C(O)c4c(O)ccc(C(=O)CNCC(C)(C)C)c4C[C@H]3C[C@@H]12. The maximum absolute atomic E-state index is 13.9. The van der Waals surface area contributed by atoms with E-state index in [2.05, 4.69) is 5.32 Å². The predicted octanol–water partition coefficient (Wildman–Crippen LogP) is 0.782. The van der Waals surface area contributed by atoms with Gasteiger partial charge in [0.05, 0.1) is 18.2 Å². The van der Waals surface area contributed by atoms with Crippen LogP contribution in [0.15, 0.2) is 29.0 Å². The number of likely N-dealkylation sites (N-methyl/N-ethyl adjacent to an activating group) is 1. The van der Waals surface area contributed by atoms with Gasteiger partial charge in [-0.3, -0.25) is 24.1 Å². The minimum atomic E-state index is -2.70. The number of aliphatic hydroxyl groups excluding tert-OH is 2. The number of aliphatic hydroxyl groups is 3. The molecule has 0 unspecified atom stereocenters. The second-order valence-corrected chi connectivity index (χ2v) is 12.0. The van der Waals surface area contributed by atoms with E-state index in [1.54, 1.807) is 0 Å². The summed E-state index contributed by atoms with van der Waals surface area (Å²) in [4.78, 5) is 53.7. The third-order valence-electron chi connectivity index (χ3n) is 7.85. The standard InChI is InChI=1S/C28H35N3O8/c1-27(2,3)11-30-10-17(33)13-6-7-16(32)19-14(13)8-12-9-15-21(31(4)5)23(35)20(26(29)38)25(37)28(15,39)24(36)18(12)22(19)34/h6-7,12,15,21,30,32,34,37,39H,8-11H2,1-5H3,(H2,29,38)/t12-,15-,21-,28-/m0/s1. The Bertz CT molecular complexity index is 1350. The number of nitrogens with one attached hydrogen (secondary N) is 1. The maximum Gasteiger partial charge on any atom is 0.255 e. The molecule has 1 saturated carbocycles. The number of aromatic hydroxyl groups is 1. The molecule has 11 heteroatoms. The fourth-order valence-electron chi connectivity index (χ4n) is 6.15. The number of amides is 1. The van der Waals surface area contributed by atoms with Crippen LogP contribution >= 0.6 is 0 Å². The van der Waals surface area contributed by atoms with Crippen LogP contribution in [0, 0.1) is 17.3 Å². The van der Waals surface area contributed by atoms with Crippen LogP contribution in [-0.2, 0) is 20.8 Å². The van der Waals surface area contributed by atoms with Crippen molar-refractivity contribution >= 4 is 29.0 Å². The van der Waals surface area contributed by atoms with Gasteiger partial charge in [-0.2, -0.15) is 0 Å². The molecule has 0 aliphatic heterocycles. The number of carbonyl (C=O) groups excluding carboxylic acids is 4. The molecule has 0 bridgehead atoms. The minimum Gasteiger partial charge on any atom is -0.508 e. The van der Waals surface area contributed by atoms with E-state index in [1.807, 2.05) is 20.8 Å². The first-order valence-corrected chi connectivity index (χ1v) is 12.8. The van der Waals surface area contributed by atoms with Gasteiger partial charge < -0.3 is 31.5 Å². The number of ketones is 3. The largest absolute Gasteiger partial charge is 0.508 e. The molecule has 3 aliphatic carbocycles. The molecule has 4 atom stereocenters. The van der Waals surface area contributed by atoms with Crippen molar-refractivity contribution in [1.29, 1.82) is 0 Å². The zero-order chi connectivity index (χ0) is 29.2. The van der Waals surface area contributed by atoms with Crippen molar-refractivity contribution in [2.45, 2.75) is 45.3 Å². The Kier molecular flexibility index (Phi) is 6.99. The van der Waals surface area contributed by atoms with Crippen LogP contribution in [0.25, 0.3) is 5.76 Å². The summed E-state index contributed by atoms with van der Waals surface area (Å²) in [6, 6.07) is 1.55. The molecular weight excluding hydrogens is 506 g/mol. The molecule has 1 aromatic rings. The molecule has 1 fully saturated rings. The van der Waals surface area contributed by atoms with Crippen molar-refractivity contribution in [1.82, 2.24) is 10.2 Å². The van der Waals surface area contributed by atoms with Crippen LogP contribution < -0.4 is 11.1 Å². The number of nitrogens with zero attached hydrogens (tertiary/aromatic N) is 1. The quantitative estimate of drug-likeness (QED) is 0.222. The first-order valence-electron chi connectivity index (χ1n) is 12.8. The third kappa shape index (κ3) is 4.44. The summed E-state index contributed by atoms with van der Waals surface area (Å²) in [6.07, 6.45) is 0.0145. The lowest BCUT2D eigenvalue weighted by molar-refractivity contribution is -0.153. The minimum absolute atomic E-state index is 0.0174. The fraction of sp³-hybridized carbons (Fsp3) is 0.500. The van der Waals surface area contributed by atoms with Gasteiger partial charge in [0.15, 0.2) is 17.2 Å². The number of nitrogens with two attached hydrogens (primary N) is 1. The molecule has 0 radical (unpaired) electrons. The summed E-state index contributed by atoms with van der Waals surface area (Å²) in [7, 11) is 3.07. The molecular formula is C28H35N3O8. The summed E-state index contributed by atoms with van der Waals surface area (Å²) in [5.41, 5.74) is 1.96. The zero-order valence-corrected chi connectivity index (χ0v) is 22.7. The molecule has 4 rings (SSSR count). The Labute approximate surface area is 226 Å². The molecule has 11 nitrogen and oxygen atoms in total. The highest BCUT2D eigenvalue weighted by molar-refractivity contribution is 6.24. The van der Waals surface area contributed by atoms with E-state index >= 15 is 0 Å². The van der Waals surface area contributed by atoms with Gasteiger partial charge >= 0.3 is 0 Å². The number of carbonyl (C=O) groups is 4. The number of Topliss-reactive ketones (excluding diaryl/α,β-unsaturated/α-hetero) is 3. The van der Waals surface area contributed by atoms with Crippen LogP contribution in [0.3, 0.4) is 0 Å². The van der Waals surface area contributed by atoms with E-state index in [9.17, 15) is 39.6 Å². The Balaban J connectivity index is 1.84. The van der Waals surface area contributed by atoms with Gasteiger partial charge in [-0.05, 0) is 56.0 Å². The van der Waals surface area contributed by atoms with Gasteiger partial charge in [-0.25, -0.2) is 0 Å². The Hall–Kier alpha value is -3.54. The molecule has 0 saturated heterocycles. The molecule has 0 spiro atoms. The van der Waals surface area contributed by atoms with Crippen LogP contribution in [0.4, 0.5) is 0 Å². The first-order chi connectivity index (χ1) is 18.0. The van der Waals surface area contributed by atoms with Gasteiger partial charge in [0.1, 0.15) is 22.8 Å². The molecule has 39 heavy (non-hydrogen) atoms. The number of phenolic OH excluding ortho intramolecular Hbond substituents is 1. The van der Waals surface area contributed by atoms with Crippen molar-refractivity contribution < 1.29 is 39.6 Å². The van der Waals surface area contributed by atoms with Crippen molar-refractivity contribution in [3.05, 3.63) is 45.7 Å². The highest BCUT2D eigenvalue weighted by atomic mass is 16.3. The topological polar surface area (TPSA) is 190 Å². The maximum atomic E-state index is 13.9. The van der Waals surface area contributed by atoms with E-state index in [0.29, 0.717) is 12.1 Å². The zero-order valence-electron chi connectivity index (χ0n) is 22.7. The Morgan fingerprint density at radius 1 is 1.15 bits per heavy atom. The van der Waals surface area contributed by atoms with Crippen LogP contribution in [0.2, 0.25) is 0 Å². The fourth-order valence-corrected chi connectivity index (χ4v) is 6.15. The molecule has 0 heterocycles. The third-order valence-corrected chi connectivity index (χ3v) is 7.85. The average Bonchev–Trinajstić information content (AvgIpc) is 2.80. The van der Waals surface area contributed by atoms with Gasteiger partial charge in [0, 0.05) is 23.6 Å². The van der Waals surface area contributed by atoms with Gasteiger partial charge in [0.2, 0.25) is 5.78 Å². The number of phenols is 1. The molecule has 210 valence electrons. The predicted molar refractivity (Wildman–Crippen MR) is 141 cm³/mol. The van der Waals surface area contributed by atoms with E-state index in [0.717, 1.165) is 0 Å².